The lowest BCUT2D eigenvalue weighted by Gasteiger charge is -2.04. The first-order valence-corrected chi connectivity index (χ1v) is 5.60. The number of hydrogen-bond donors (Lipinski definition) is 1. The van der Waals surface area contributed by atoms with Gasteiger partial charge in [-0.25, -0.2) is 9.18 Å². The Hall–Kier alpha value is -1.88. The zero-order valence-corrected chi connectivity index (χ0v) is 10.2. The van der Waals surface area contributed by atoms with E-state index >= 15 is 0 Å². The van der Waals surface area contributed by atoms with Crippen molar-refractivity contribution in [2.24, 2.45) is 0 Å². The van der Waals surface area contributed by atoms with Crippen molar-refractivity contribution < 1.29 is 13.9 Å². The number of aromatic amines is 1. The number of carbonyl (C=O) groups excluding carboxylic acids is 1. The topological polar surface area (TPSA) is 59.2 Å². The number of nitrogens with one attached hydrogen (secondary N) is 1. The lowest BCUT2D eigenvalue weighted by atomic mass is 10.1. The number of halogens is 2. The van der Waals surface area contributed by atoms with E-state index in [4.69, 9.17) is 16.3 Å². The van der Waals surface area contributed by atoms with E-state index in [1.807, 2.05) is 0 Å². The van der Waals surface area contributed by atoms with Gasteiger partial charge in [-0.05, 0) is 19.1 Å². The van der Waals surface area contributed by atoms with Crippen LogP contribution in [0, 0.1) is 5.82 Å². The van der Waals surface area contributed by atoms with Crippen LogP contribution in [0.3, 0.4) is 0 Å². The average molecular weight is 270 g/mol. The van der Waals surface area contributed by atoms with Crippen molar-refractivity contribution in [3.8, 4) is 0 Å². The van der Waals surface area contributed by atoms with E-state index in [9.17, 15) is 14.0 Å². The molecular formula is C12H9ClFNO3. The molecule has 0 atom stereocenters. The second-order valence-corrected chi connectivity index (χ2v) is 3.97. The molecule has 0 aliphatic carbocycles. The molecule has 6 heteroatoms. The summed E-state index contributed by atoms with van der Waals surface area (Å²) in [5, 5.41) is -0.0269. The third-order valence-corrected chi connectivity index (χ3v) is 2.71. The fourth-order valence-corrected chi connectivity index (χ4v) is 1.74. The van der Waals surface area contributed by atoms with Gasteiger partial charge in [0.15, 0.2) is 0 Å². The first-order valence-electron chi connectivity index (χ1n) is 5.22. The Balaban J connectivity index is 2.68. The van der Waals surface area contributed by atoms with Crippen LogP contribution >= 0.6 is 11.6 Å². The molecular weight excluding hydrogens is 261 g/mol. The van der Waals surface area contributed by atoms with Crippen LogP contribution in [0.1, 0.15) is 17.3 Å². The molecule has 1 N–H and O–H groups in total. The quantitative estimate of drug-likeness (QED) is 0.852. The number of ether oxygens (including phenoxy) is 1. The Morgan fingerprint density at radius 3 is 2.89 bits per heavy atom. The molecule has 2 aromatic rings. The van der Waals surface area contributed by atoms with Crippen LogP contribution in [0.5, 0.6) is 0 Å². The minimum Gasteiger partial charge on any atom is -0.462 e. The van der Waals surface area contributed by atoms with Gasteiger partial charge in [-0.15, -0.1) is 0 Å². The number of esters is 1. The van der Waals surface area contributed by atoms with Gasteiger partial charge in [-0.2, -0.15) is 0 Å². The summed E-state index contributed by atoms with van der Waals surface area (Å²) in [6.45, 7) is 1.81. The first kappa shape index (κ1) is 12.6. The second kappa shape index (κ2) is 4.78. The van der Waals surface area contributed by atoms with Crippen molar-refractivity contribution in [1.82, 2.24) is 4.98 Å². The summed E-state index contributed by atoms with van der Waals surface area (Å²) >= 11 is 5.61. The van der Waals surface area contributed by atoms with Crippen molar-refractivity contribution in [3.63, 3.8) is 0 Å². The number of carbonyl (C=O) groups is 1. The van der Waals surface area contributed by atoms with Crippen LogP contribution in [0.4, 0.5) is 4.39 Å². The SMILES string of the molecule is CCOC(=O)c1c[nH]c2cc(F)c(Cl)cc2c1=O. The largest absolute Gasteiger partial charge is 0.462 e. The maximum Gasteiger partial charge on any atom is 0.343 e. The Labute approximate surface area is 106 Å². The Kier molecular flexibility index (Phi) is 3.34. The summed E-state index contributed by atoms with van der Waals surface area (Å²) in [6.07, 6.45) is 1.20. The molecule has 0 saturated carbocycles. The summed E-state index contributed by atoms with van der Waals surface area (Å²) in [4.78, 5) is 26.2. The molecule has 0 radical (unpaired) electrons. The van der Waals surface area contributed by atoms with Gasteiger partial charge in [0, 0.05) is 11.6 Å². The minimum atomic E-state index is -0.721. The Bertz CT molecular complexity index is 681. The van der Waals surface area contributed by atoms with Gasteiger partial charge in [0.25, 0.3) is 0 Å². The summed E-state index contributed by atoms with van der Waals surface area (Å²) < 4.78 is 18.0. The van der Waals surface area contributed by atoms with E-state index in [-0.39, 0.29) is 28.1 Å². The second-order valence-electron chi connectivity index (χ2n) is 3.56. The van der Waals surface area contributed by atoms with Crippen molar-refractivity contribution in [2.45, 2.75) is 6.92 Å². The summed E-state index contributed by atoms with van der Waals surface area (Å²) in [5.74, 6) is -1.36. The van der Waals surface area contributed by atoms with E-state index in [1.165, 1.54) is 12.3 Å². The summed E-state index contributed by atoms with van der Waals surface area (Å²) in [7, 11) is 0. The fourth-order valence-electron chi connectivity index (χ4n) is 1.58. The van der Waals surface area contributed by atoms with Crippen LogP contribution in [0.2, 0.25) is 5.02 Å². The number of fused-ring (bicyclic) bond motifs is 1. The average Bonchev–Trinajstić information content (AvgIpc) is 2.32. The van der Waals surface area contributed by atoms with Gasteiger partial charge in [0.2, 0.25) is 5.43 Å². The number of benzene rings is 1. The third kappa shape index (κ3) is 2.09. The van der Waals surface area contributed by atoms with Crippen LogP contribution in [-0.2, 0) is 4.74 Å². The van der Waals surface area contributed by atoms with Crippen molar-refractivity contribution >= 4 is 28.5 Å². The number of H-pyrrole nitrogens is 1. The summed E-state index contributed by atoms with van der Waals surface area (Å²) in [6, 6.07) is 2.29. The molecule has 1 aromatic carbocycles. The molecule has 2 rings (SSSR count). The molecule has 0 fully saturated rings. The molecule has 0 aliphatic heterocycles. The molecule has 1 heterocycles. The standard InChI is InChI=1S/C12H9ClFNO3/c1-2-18-12(17)7-5-15-10-4-9(14)8(13)3-6(10)11(7)16/h3-5H,2H2,1H3,(H,15,16). The predicted molar refractivity (Wildman–Crippen MR) is 65.5 cm³/mol. The molecule has 4 nitrogen and oxygen atoms in total. The van der Waals surface area contributed by atoms with Crippen molar-refractivity contribution in [3.05, 3.63) is 45.0 Å². The molecule has 0 saturated heterocycles. The molecule has 18 heavy (non-hydrogen) atoms. The zero-order valence-electron chi connectivity index (χ0n) is 9.42. The number of pyridine rings is 1. The third-order valence-electron chi connectivity index (χ3n) is 2.42. The highest BCUT2D eigenvalue weighted by molar-refractivity contribution is 6.31. The van der Waals surface area contributed by atoms with Crippen LogP contribution in [-0.4, -0.2) is 17.6 Å². The van der Waals surface area contributed by atoms with Crippen LogP contribution in [0.15, 0.2) is 23.1 Å². The van der Waals surface area contributed by atoms with Gasteiger partial charge in [-0.3, -0.25) is 4.79 Å². The zero-order chi connectivity index (χ0) is 13.3. The highest BCUT2D eigenvalue weighted by atomic mass is 35.5. The van der Waals surface area contributed by atoms with Gasteiger partial charge < -0.3 is 9.72 Å². The highest BCUT2D eigenvalue weighted by Crippen LogP contribution is 2.19. The predicted octanol–water partition coefficient (Wildman–Crippen LogP) is 2.50. The van der Waals surface area contributed by atoms with E-state index in [2.05, 4.69) is 4.98 Å². The van der Waals surface area contributed by atoms with Gasteiger partial charge >= 0.3 is 5.97 Å². The van der Waals surface area contributed by atoms with Gasteiger partial charge in [0.1, 0.15) is 11.4 Å². The normalized spacial score (nSPS) is 10.6. The number of rotatable bonds is 2. The lowest BCUT2D eigenvalue weighted by molar-refractivity contribution is 0.0524. The smallest absolute Gasteiger partial charge is 0.343 e. The highest BCUT2D eigenvalue weighted by Gasteiger charge is 2.15. The molecule has 94 valence electrons. The summed E-state index contributed by atoms with van der Waals surface area (Å²) in [5.41, 5.74) is -0.397. The van der Waals surface area contributed by atoms with Gasteiger partial charge in [-0.1, -0.05) is 11.6 Å². The van der Waals surface area contributed by atoms with Crippen molar-refractivity contribution in [1.29, 1.82) is 0 Å². The molecule has 1 aromatic heterocycles. The lowest BCUT2D eigenvalue weighted by Crippen LogP contribution is -2.18. The fraction of sp³-hybridized carbons (Fsp3) is 0.167. The molecule has 0 aliphatic rings. The molecule has 0 amide bonds. The monoisotopic (exact) mass is 269 g/mol. The first-order chi connectivity index (χ1) is 8.54. The van der Waals surface area contributed by atoms with Gasteiger partial charge in [0.05, 0.1) is 17.1 Å². The Morgan fingerprint density at radius 1 is 1.50 bits per heavy atom. The molecule has 0 unspecified atom stereocenters. The van der Waals surface area contributed by atoms with Crippen molar-refractivity contribution in [2.75, 3.05) is 6.61 Å². The molecule has 0 spiro atoms. The Morgan fingerprint density at radius 2 is 2.22 bits per heavy atom. The van der Waals surface area contributed by atoms with E-state index < -0.39 is 17.2 Å². The van der Waals surface area contributed by atoms with E-state index in [0.29, 0.717) is 0 Å². The maximum absolute atomic E-state index is 13.2. The minimum absolute atomic E-state index is 0.132. The number of aromatic nitrogens is 1. The van der Waals surface area contributed by atoms with E-state index in [0.717, 1.165) is 6.07 Å². The van der Waals surface area contributed by atoms with Crippen LogP contribution < -0.4 is 5.43 Å². The van der Waals surface area contributed by atoms with Crippen LogP contribution in [0.25, 0.3) is 10.9 Å². The maximum atomic E-state index is 13.2. The number of hydrogen-bond acceptors (Lipinski definition) is 3. The van der Waals surface area contributed by atoms with E-state index in [1.54, 1.807) is 6.92 Å². The molecule has 0 bridgehead atoms.